The first-order chi connectivity index (χ1) is 5.83. The van der Waals surface area contributed by atoms with Gasteiger partial charge in [-0.15, -0.1) is 0 Å². The summed E-state index contributed by atoms with van der Waals surface area (Å²) in [7, 11) is 0. The second-order valence-corrected chi connectivity index (χ2v) is 3.38. The van der Waals surface area contributed by atoms with Crippen molar-refractivity contribution in [3.05, 3.63) is 0 Å². The van der Waals surface area contributed by atoms with Crippen LogP contribution in [0.1, 0.15) is 19.8 Å². The van der Waals surface area contributed by atoms with Crippen molar-refractivity contribution in [1.29, 1.82) is 0 Å². The molecule has 1 fully saturated rings. The molecular formula is C9H15FN2. The van der Waals surface area contributed by atoms with Gasteiger partial charge in [-0.2, -0.15) is 5.54 Å². The van der Waals surface area contributed by atoms with E-state index in [1.807, 2.05) is 0 Å². The van der Waals surface area contributed by atoms with Crippen LogP contribution in [-0.4, -0.2) is 24.5 Å². The van der Waals surface area contributed by atoms with Gasteiger partial charge < -0.3 is 0 Å². The number of halogens is 1. The molecule has 0 aromatic rings. The lowest BCUT2D eigenvalue weighted by molar-refractivity contribution is 0.204. The summed E-state index contributed by atoms with van der Waals surface area (Å²) in [5.41, 5.74) is 1.33. The van der Waals surface area contributed by atoms with E-state index in [1.54, 1.807) is 0 Å². The van der Waals surface area contributed by atoms with E-state index in [0.29, 0.717) is 6.54 Å². The van der Waals surface area contributed by atoms with Crippen molar-refractivity contribution >= 4 is 0 Å². The van der Waals surface area contributed by atoms with E-state index in [-0.39, 0.29) is 0 Å². The molecule has 0 radical (unpaired) electrons. The Bertz CT molecular complexity index is 183. The minimum Gasteiger partial charge on any atom is -0.292 e. The Morgan fingerprint density at radius 3 is 3.17 bits per heavy atom. The van der Waals surface area contributed by atoms with Crippen molar-refractivity contribution in [2.75, 3.05) is 19.6 Å². The SMILES string of the molecule is CC1CCCN(CC#CNF)C1. The number of piperidine rings is 1. The number of nitrogens with one attached hydrogen (secondary N) is 1. The van der Waals surface area contributed by atoms with E-state index in [0.717, 1.165) is 19.0 Å². The molecule has 0 aromatic carbocycles. The monoisotopic (exact) mass is 170 g/mol. The summed E-state index contributed by atoms with van der Waals surface area (Å²) in [5.74, 6) is 3.48. The number of hydrogen-bond donors (Lipinski definition) is 1. The molecule has 1 unspecified atom stereocenters. The van der Waals surface area contributed by atoms with Crippen molar-refractivity contribution < 1.29 is 4.48 Å². The van der Waals surface area contributed by atoms with Crippen LogP contribution in [0.4, 0.5) is 4.48 Å². The maximum atomic E-state index is 11.4. The van der Waals surface area contributed by atoms with Gasteiger partial charge in [-0.3, -0.25) is 4.90 Å². The summed E-state index contributed by atoms with van der Waals surface area (Å²) >= 11 is 0. The van der Waals surface area contributed by atoms with E-state index in [9.17, 15) is 4.48 Å². The third-order valence-corrected chi connectivity index (χ3v) is 2.18. The topological polar surface area (TPSA) is 15.3 Å². The number of nitrogens with zero attached hydrogens (tertiary/aromatic N) is 1. The van der Waals surface area contributed by atoms with Gasteiger partial charge in [-0.05, 0) is 25.3 Å². The van der Waals surface area contributed by atoms with Gasteiger partial charge in [0, 0.05) is 12.6 Å². The Morgan fingerprint density at radius 1 is 1.67 bits per heavy atom. The molecular weight excluding hydrogens is 155 g/mol. The smallest absolute Gasteiger partial charge is 0.0620 e. The number of rotatable bonds is 1. The molecule has 3 heteroatoms. The molecule has 0 amide bonds. The van der Waals surface area contributed by atoms with Crippen LogP contribution in [0.15, 0.2) is 0 Å². The maximum absolute atomic E-state index is 11.4. The molecule has 0 spiro atoms. The van der Waals surface area contributed by atoms with Gasteiger partial charge >= 0.3 is 0 Å². The van der Waals surface area contributed by atoms with E-state index in [2.05, 4.69) is 23.8 Å². The quantitative estimate of drug-likeness (QED) is 0.361. The predicted molar refractivity (Wildman–Crippen MR) is 46.9 cm³/mol. The molecule has 1 aliphatic rings. The van der Waals surface area contributed by atoms with Gasteiger partial charge in [0.25, 0.3) is 0 Å². The van der Waals surface area contributed by atoms with Crippen LogP contribution in [0.2, 0.25) is 0 Å². The van der Waals surface area contributed by atoms with E-state index < -0.39 is 0 Å². The number of likely N-dealkylation sites (tertiary alicyclic amines) is 1. The molecule has 12 heavy (non-hydrogen) atoms. The average Bonchev–Trinajstić information content (AvgIpc) is 2.05. The Kier molecular flexibility index (Phi) is 3.89. The van der Waals surface area contributed by atoms with Crippen molar-refractivity contribution in [3.63, 3.8) is 0 Å². The van der Waals surface area contributed by atoms with Crippen LogP contribution in [-0.2, 0) is 0 Å². The molecule has 1 aliphatic heterocycles. The van der Waals surface area contributed by atoms with Crippen LogP contribution in [0, 0.1) is 17.9 Å². The Balaban J connectivity index is 2.22. The molecule has 68 valence electrons. The second kappa shape index (κ2) is 5.00. The summed E-state index contributed by atoms with van der Waals surface area (Å²) in [6.07, 6.45) is 2.55. The fourth-order valence-corrected chi connectivity index (χ4v) is 1.62. The first-order valence-corrected chi connectivity index (χ1v) is 4.39. The third kappa shape index (κ3) is 3.10. The lowest BCUT2D eigenvalue weighted by atomic mass is 10.0. The highest BCUT2D eigenvalue weighted by atomic mass is 19.2. The minimum atomic E-state index is 0.682. The summed E-state index contributed by atoms with van der Waals surface area (Å²) in [6.45, 7) is 5.13. The highest BCUT2D eigenvalue weighted by molar-refractivity contribution is 4.97. The molecule has 1 saturated heterocycles. The van der Waals surface area contributed by atoms with Crippen molar-refractivity contribution in [1.82, 2.24) is 10.4 Å². The van der Waals surface area contributed by atoms with Gasteiger partial charge in [0.15, 0.2) is 0 Å². The van der Waals surface area contributed by atoms with Crippen LogP contribution in [0.5, 0.6) is 0 Å². The molecule has 0 saturated carbocycles. The summed E-state index contributed by atoms with van der Waals surface area (Å²) in [5, 5.41) is 0. The highest BCUT2D eigenvalue weighted by Gasteiger charge is 2.14. The normalized spacial score (nSPS) is 24.3. The van der Waals surface area contributed by atoms with Gasteiger partial charge in [-0.25, -0.2) is 0 Å². The summed E-state index contributed by atoms with van der Waals surface area (Å²) in [4.78, 5) is 2.26. The largest absolute Gasteiger partial charge is 0.292 e. The fourth-order valence-electron chi connectivity index (χ4n) is 1.62. The van der Waals surface area contributed by atoms with Crippen molar-refractivity contribution in [2.45, 2.75) is 19.8 Å². The number of hydrogen-bond acceptors (Lipinski definition) is 2. The first kappa shape index (κ1) is 9.34. The van der Waals surface area contributed by atoms with Crippen LogP contribution in [0.25, 0.3) is 0 Å². The lowest BCUT2D eigenvalue weighted by Crippen LogP contribution is -2.34. The molecule has 1 N–H and O–H groups in total. The Labute approximate surface area is 73.1 Å². The summed E-state index contributed by atoms with van der Waals surface area (Å²) in [6, 6.07) is 2.20. The van der Waals surface area contributed by atoms with Gasteiger partial charge in [-0.1, -0.05) is 17.3 Å². The maximum Gasteiger partial charge on any atom is 0.0620 e. The Hall–Kier alpha value is -0.750. The first-order valence-electron chi connectivity index (χ1n) is 4.39. The van der Waals surface area contributed by atoms with Gasteiger partial charge in [0.2, 0.25) is 0 Å². The third-order valence-electron chi connectivity index (χ3n) is 2.18. The molecule has 0 aliphatic carbocycles. The standard InChI is InChI=1S/C9H15FN2/c1-9-4-2-6-12(8-9)7-3-5-11-10/h9,11H,2,4,6-8H2,1H3. The average molecular weight is 170 g/mol. The van der Waals surface area contributed by atoms with Crippen LogP contribution >= 0.6 is 0 Å². The van der Waals surface area contributed by atoms with Crippen molar-refractivity contribution in [3.8, 4) is 12.0 Å². The van der Waals surface area contributed by atoms with E-state index in [1.165, 1.54) is 18.4 Å². The molecule has 1 rings (SSSR count). The summed E-state index contributed by atoms with van der Waals surface area (Å²) < 4.78 is 11.4. The van der Waals surface area contributed by atoms with Crippen molar-refractivity contribution in [2.24, 2.45) is 5.92 Å². The van der Waals surface area contributed by atoms with Gasteiger partial charge in [0.05, 0.1) is 6.54 Å². The lowest BCUT2D eigenvalue weighted by Gasteiger charge is -2.28. The zero-order chi connectivity index (χ0) is 8.81. The molecule has 0 aromatic heterocycles. The molecule has 2 nitrogen and oxygen atoms in total. The fraction of sp³-hybridized carbons (Fsp3) is 0.778. The molecule has 1 atom stereocenters. The Morgan fingerprint density at radius 2 is 2.50 bits per heavy atom. The zero-order valence-electron chi connectivity index (χ0n) is 7.44. The minimum absolute atomic E-state index is 0.682. The molecule has 0 bridgehead atoms. The zero-order valence-corrected chi connectivity index (χ0v) is 7.44. The van der Waals surface area contributed by atoms with Crippen LogP contribution in [0.3, 0.4) is 0 Å². The highest BCUT2D eigenvalue weighted by Crippen LogP contribution is 2.14. The van der Waals surface area contributed by atoms with Crippen LogP contribution < -0.4 is 5.54 Å². The van der Waals surface area contributed by atoms with E-state index in [4.69, 9.17) is 0 Å². The van der Waals surface area contributed by atoms with Gasteiger partial charge in [0.1, 0.15) is 0 Å². The molecule has 1 heterocycles. The van der Waals surface area contributed by atoms with E-state index >= 15 is 0 Å². The predicted octanol–water partition coefficient (Wildman–Crippen LogP) is 1.15. The second-order valence-electron chi connectivity index (χ2n) is 3.38.